The summed E-state index contributed by atoms with van der Waals surface area (Å²) in [4.78, 5) is 12.4. The lowest BCUT2D eigenvalue weighted by molar-refractivity contribution is -0.148. The van der Waals surface area contributed by atoms with E-state index in [4.69, 9.17) is 10.5 Å². The van der Waals surface area contributed by atoms with Crippen molar-refractivity contribution in [3.8, 4) is 0 Å². The summed E-state index contributed by atoms with van der Waals surface area (Å²) in [6, 6.07) is 0. The molecule has 0 saturated heterocycles. The van der Waals surface area contributed by atoms with E-state index in [1.807, 2.05) is 0 Å². The van der Waals surface area contributed by atoms with E-state index in [2.05, 4.69) is 5.32 Å². The van der Waals surface area contributed by atoms with Crippen LogP contribution in [0.1, 0.15) is 6.42 Å². The Morgan fingerprint density at radius 3 is 2.61 bits per heavy atom. The van der Waals surface area contributed by atoms with E-state index in [0.717, 1.165) is 4.90 Å². The van der Waals surface area contributed by atoms with Gasteiger partial charge in [-0.2, -0.15) is 13.2 Å². The van der Waals surface area contributed by atoms with Gasteiger partial charge in [0.05, 0.1) is 13.1 Å². The molecular weight excluding hydrogens is 251 g/mol. The monoisotopic (exact) mass is 271 g/mol. The summed E-state index contributed by atoms with van der Waals surface area (Å²) in [5, 5.41) is 2.52. The van der Waals surface area contributed by atoms with Gasteiger partial charge in [0.25, 0.3) is 0 Å². The highest BCUT2D eigenvalue weighted by atomic mass is 19.4. The summed E-state index contributed by atoms with van der Waals surface area (Å²) in [6.07, 6.45) is -3.70. The maximum Gasteiger partial charge on any atom is 0.401 e. The molecule has 1 amide bonds. The normalized spacial score (nSPS) is 11.9. The number of nitrogens with two attached hydrogens (primary N) is 1. The van der Waals surface area contributed by atoms with Crippen LogP contribution >= 0.6 is 0 Å². The summed E-state index contributed by atoms with van der Waals surface area (Å²) < 4.78 is 41.4. The van der Waals surface area contributed by atoms with Crippen LogP contribution in [0.25, 0.3) is 0 Å². The average molecular weight is 271 g/mol. The van der Waals surface area contributed by atoms with Crippen LogP contribution in [-0.4, -0.2) is 63.4 Å². The van der Waals surface area contributed by atoms with Crippen molar-refractivity contribution in [3.05, 3.63) is 0 Å². The Bertz CT molecular complexity index is 237. The number of alkyl halides is 3. The number of nitrogens with zero attached hydrogens (tertiary/aromatic N) is 1. The van der Waals surface area contributed by atoms with Gasteiger partial charge in [-0.25, -0.2) is 0 Å². The van der Waals surface area contributed by atoms with E-state index in [1.165, 1.54) is 7.11 Å². The van der Waals surface area contributed by atoms with Crippen LogP contribution in [0.2, 0.25) is 0 Å². The van der Waals surface area contributed by atoms with E-state index in [-0.39, 0.29) is 19.6 Å². The third-order valence-electron chi connectivity index (χ3n) is 2.06. The zero-order valence-electron chi connectivity index (χ0n) is 10.4. The lowest BCUT2D eigenvalue weighted by Crippen LogP contribution is -2.44. The molecule has 3 N–H and O–H groups in total. The average Bonchev–Trinajstić information content (AvgIpc) is 2.22. The SMILES string of the molecule is COCCCNC(=O)CN(CCN)CC(F)(F)F. The van der Waals surface area contributed by atoms with E-state index < -0.39 is 18.6 Å². The lowest BCUT2D eigenvalue weighted by Gasteiger charge is -2.22. The fraction of sp³-hybridized carbons (Fsp3) is 0.900. The summed E-state index contributed by atoms with van der Waals surface area (Å²) >= 11 is 0. The van der Waals surface area contributed by atoms with E-state index in [1.54, 1.807) is 0 Å². The van der Waals surface area contributed by atoms with Gasteiger partial charge < -0.3 is 15.8 Å². The van der Waals surface area contributed by atoms with Crippen molar-refractivity contribution in [1.29, 1.82) is 0 Å². The number of nitrogens with one attached hydrogen (secondary N) is 1. The molecule has 0 heterocycles. The van der Waals surface area contributed by atoms with Crippen LogP contribution in [0, 0.1) is 0 Å². The summed E-state index contributed by atoms with van der Waals surface area (Å²) in [5.41, 5.74) is 5.21. The standard InChI is InChI=1S/C10H20F3N3O2/c1-18-6-2-4-15-9(17)7-16(5-3-14)8-10(11,12)13/h2-8,14H2,1H3,(H,15,17). The number of rotatable bonds is 9. The van der Waals surface area contributed by atoms with Crippen LogP contribution in [0.5, 0.6) is 0 Å². The molecule has 0 aromatic heterocycles. The van der Waals surface area contributed by atoms with Crippen molar-refractivity contribution in [2.45, 2.75) is 12.6 Å². The van der Waals surface area contributed by atoms with E-state index in [9.17, 15) is 18.0 Å². The molecule has 0 spiro atoms. The van der Waals surface area contributed by atoms with Crippen molar-refractivity contribution in [2.75, 3.05) is 46.4 Å². The first-order valence-corrected chi connectivity index (χ1v) is 5.64. The minimum absolute atomic E-state index is 0.0327. The van der Waals surface area contributed by atoms with Gasteiger partial charge in [-0.1, -0.05) is 0 Å². The molecule has 0 atom stereocenters. The van der Waals surface area contributed by atoms with Crippen LogP contribution in [0.4, 0.5) is 13.2 Å². The van der Waals surface area contributed by atoms with Gasteiger partial charge in [0.15, 0.2) is 0 Å². The van der Waals surface area contributed by atoms with Gasteiger partial charge >= 0.3 is 6.18 Å². The summed E-state index contributed by atoms with van der Waals surface area (Å²) in [5.74, 6) is -0.441. The highest BCUT2D eigenvalue weighted by Gasteiger charge is 2.31. The molecule has 0 aromatic rings. The second-order valence-electron chi connectivity index (χ2n) is 3.81. The molecule has 0 rings (SSSR count). The molecule has 0 radical (unpaired) electrons. The van der Waals surface area contributed by atoms with Gasteiger partial charge in [-0.05, 0) is 6.42 Å². The Morgan fingerprint density at radius 2 is 2.11 bits per heavy atom. The quantitative estimate of drug-likeness (QED) is 0.578. The number of hydrogen-bond donors (Lipinski definition) is 2. The molecule has 108 valence electrons. The smallest absolute Gasteiger partial charge is 0.385 e. The number of methoxy groups -OCH3 is 1. The Labute approximate surface area is 104 Å². The molecule has 0 aliphatic carbocycles. The predicted molar refractivity (Wildman–Crippen MR) is 61.1 cm³/mol. The molecular formula is C10H20F3N3O2. The van der Waals surface area contributed by atoms with Crippen LogP contribution in [0.15, 0.2) is 0 Å². The first-order valence-electron chi connectivity index (χ1n) is 5.64. The number of carbonyl (C=O) groups is 1. The molecule has 5 nitrogen and oxygen atoms in total. The number of amides is 1. The van der Waals surface area contributed by atoms with Crippen molar-refractivity contribution in [3.63, 3.8) is 0 Å². The molecule has 8 heteroatoms. The third kappa shape index (κ3) is 10.3. The lowest BCUT2D eigenvalue weighted by atomic mass is 10.4. The van der Waals surface area contributed by atoms with Gasteiger partial charge in [0, 0.05) is 33.4 Å². The highest BCUT2D eigenvalue weighted by Crippen LogP contribution is 2.15. The molecule has 0 bridgehead atoms. The minimum atomic E-state index is -4.33. The maximum absolute atomic E-state index is 12.2. The second kappa shape index (κ2) is 9.12. The summed E-state index contributed by atoms with van der Waals surface area (Å²) in [6.45, 7) is -0.443. The van der Waals surface area contributed by atoms with Crippen molar-refractivity contribution >= 4 is 5.91 Å². The fourth-order valence-electron chi connectivity index (χ4n) is 1.35. The molecule has 0 aliphatic rings. The third-order valence-corrected chi connectivity index (χ3v) is 2.06. The van der Waals surface area contributed by atoms with Crippen LogP contribution in [-0.2, 0) is 9.53 Å². The first-order chi connectivity index (χ1) is 8.39. The largest absolute Gasteiger partial charge is 0.401 e. The number of hydrogen-bond acceptors (Lipinski definition) is 4. The van der Waals surface area contributed by atoms with Gasteiger partial charge in [-0.3, -0.25) is 9.69 Å². The maximum atomic E-state index is 12.2. The van der Waals surface area contributed by atoms with Gasteiger partial charge in [-0.15, -0.1) is 0 Å². The number of carbonyl (C=O) groups excluding carboxylic acids is 1. The van der Waals surface area contributed by atoms with Gasteiger partial charge in [0.2, 0.25) is 5.91 Å². The van der Waals surface area contributed by atoms with Crippen LogP contribution in [0.3, 0.4) is 0 Å². The van der Waals surface area contributed by atoms with Crippen molar-refractivity contribution in [1.82, 2.24) is 10.2 Å². The fourth-order valence-corrected chi connectivity index (χ4v) is 1.35. The van der Waals surface area contributed by atoms with Crippen LogP contribution < -0.4 is 11.1 Å². The Balaban J connectivity index is 3.96. The Morgan fingerprint density at radius 1 is 1.44 bits per heavy atom. The molecule has 0 unspecified atom stereocenters. The molecule has 0 fully saturated rings. The first kappa shape index (κ1) is 17.1. The van der Waals surface area contributed by atoms with E-state index >= 15 is 0 Å². The Kier molecular flexibility index (Phi) is 8.69. The Hall–Kier alpha value is -0.860. The minimum Gasteiger partial charge on any atom is -0.385 e. The van der Waals surface area contributed by atoms with Crippen molar-refractivity contribution in [2.24, 2.45) is 5.73 Å². The summed E-state index contributed by atoms with van der Waals surface area (Å²) in [7, 11) is 1.54. The van der Waals surface area contributed by atoms with E-state index in [0.29, 0.717) is 19.6 Å². The zero-order chi connectivity index (χ0) is 14.0. The topological polar surface area (TPSA) is 67.6 Å². The number of ether oxygens (including phenoxy) is 1. The second-order valence-corrected chi connectivity index (χ2v) is 3.81. The molecule has 0 aliphatic heterocycles. The van der Waals surface area contributed by atoms with Gasteiger partial charge in [0.1, 0.15) is 0 Å². The predicted octanol–water partition coefficient (Wildman–Crippen LogP) is -0.0379. The molecule has 0 aromatic carbocycles. The number of halogens is 3. The molecule has 0 saturated carbocycles. The molecule has 18 heavy (non-hydrogen) atoms. The highest BCUT2D eigenvalue weighted by molar-refractivity contribution is 5.77. The zero-order valence-corrected chi connectivity index (χ0v) is 10.4. The van der Waals surface area contributed by atoms with Crippen molar-refractivity contribution < 1.29 is 22.7 Å².